The number of nitrogen functional groups attached to an aromatic ring is 1. The zero-order valence-electron chi connectivity index (χ0n) is 11.6. The third kappa shape index (κ3) is 4.32. The first-order valence-corrected chi connectivity index (χ1v) is 7.16. The largest absolute Gasteiger partial charge is 0.399 e. The normalized spacial score (nSPS) is 10.8. The van der Waals surface area contributed by atoms with Crippen LogP contribution >= 0.6 is 11.3 Å². The third-order valence-electron chi connectivity index (χ3n) is 2.68. The predicted octanol–water partition coefficient (Wildman–Crippen LogP) is 2.10. The number of aromatic nitrogens is 1. The van der Waals surface area contributed by atoms with Gasteiger partial charge in [-0.3, -0.25) is 9.69 Å². The van der Waals surface area contributed by atoms with E-state index in [9.17, 15) is 4.79 Å². The Morgan fingerprint density at radius 2 is 2.30 bits per heavy atom. The summed E-state index contributed by atoms with van der Waals surface area (Å²) in [5, 5.41) is 5.88. The highest BCUT2D eigenvalue weighted by Crippen LogP contribution is 2.12. The van der Waals surface area contributed by atoms with Crippen LogP contribution in [-0.4, -0.2) is 29.4 Å². The van der Waals surface area contributed by atoms with Crippen LogP contribution in [0.2, 0.25) is 0 Å². The molecule has 0 saturated carbocycles. The van der Waals surface area contributed by atoms with Gasteiger partial charge in [0.1, 0.15) is 0 Å². The number of aryl methyl sites for hydroxylation is 1. The van der Waals surface area contributed by atoms with E-state index in [4.69, 9.17) is 5.73 Å². The smallest absolute Gasteiger partial charge is 0.238 e. The van der Waals surface area contributed by atoms with Gasteiger partial charge in [0.25, 0.3) is 0 Å². The Morgan fingerprint density at radius 1 is 1.50 bits per heavy atom. The highest BCUT2D eigenvalue weighted by Gasteiger charge is 2.09. The van der Waals surface area contributed by atoms with E-state index in [2.05, 4.69) is 10.3 Å². The van der Waals surface area contributed by atoms with Gasteiger partial charge in [-0.2, -0.15) is 0 Å². The standard InChI is InChI=1S/C14H18N4OS/c1-10-16-13(9-20-10)7-18(2)8-14(19)17-12-5-3-4-11(15)6-12/h3-6,9H,7-8,15H2,1-2H3,(H,17,19). The van der Waals surface area contributed by atoms with Crippen LogP contribution in [-0.2, 0) is 11.3 Å². The number of benzene rings is 1. The number of hydrogen-bond acceptors (Lipinski definition) is 5. The molecule has 0 aliphatic heterocycles. The lowest BCUT2D eigenvalue weighted by molar-refractivity contribution is -0.117. The molecule has 3 N–H and O–H groups in total. The summed E-state index contributed by atoms with van der Waals surface area (Å²) in [4.78, 5) is 18.2. The van der Waals surface area contributed by atoms with Crippen molar-refractivity contribution >= 4 is 28.6 Å². The maximum atomic E-state index is 11.9. The van der Waals surface area contributed by atoms with E-state index < -0.39 is 0 Å². The number of likely N-dealkylation sites (N-methyl/N-ethyl adjacent to an activating group) is 1. The summed E-state index contributed by atoms with van der Waals surface area (Å²) in [6.07, 6.45) is 0. The summed E-state index contributed by atoms with van der Waals surface area (Å²) in [6, 6.07) is 7.15. The minimum Gasteiger partial charge on any atom is -0.399 e. The first kappa shape index (κ1) is 14.5. The molecule has 0 spiro atoms. The molecule has 1 amide bonds. The van der Waals surface area contributed by atoms with E-state index in [-0.39, 0.29) is 5.91 Å². The van der Waals surface area contributed by atoms with Gasteiger partial charge in [-0.05, 0) is 32.2 Å². The predicted molar refractivity (Wildman–Crippen MR) is 82.7 cm³/mol. The molecular formula is C14H18N4OS. The zero-order chi connectivity index (χ0) is 14.5. The fourth-order valence-corrected chi connectivity index (χ4v) is 2.48. The average Bonchev–Trinajstić information content (AvgIpc) is 2.74. The summed E-state index contributed by atoms with van der Waals surface area (Å²) in [5.41, 5.74) is 8.01. The lowest BCUT2D eigenvalue weighted by Crippen LogP contribution is -2.29. The van der Waals surface area contributed by atoms with Crippen molar-refractivity contribution in [2.24, 2.45) is 0 Å². The van der Waals surface area contributed by atoms with Crippen molar-refractivity contribution in [2.45, 2.75) is 13.5 Å². The van der Waals surface area contributed by atoms with Gasteiger partial charge in [-0.15, -0.1) is 11.3 Å². The second kappa shape index (κ2) is 6.49. The fraction of sp³-hybridized carbons (Fsp3) is 0.286. The Bertz CT molecular complexity index is 596. The molecule has 0 saturated heterocycles. The topological polar surface area (TPSA) is 71.2 Å². The average molecular weight is 290 g/mol. The van der Waals surface area contributed by atoms with Crippen LogP contribution in [0.4, 0.5) is 11.4 Å². The Morgan fingerprint density at radius 3 is 2.95 bits per heavy atom. The molecule has 106 valence electrons. The van der Waals surface area contributed by atoms with E-state index in [0.717, 1.165) is 10.7 Å². The molecular weight excluding hydrogens is 272 g/mol. The first-order chi connectivity index (χ1) is 9.52. The van der Waals surface area contributed by atoms with E-state index in [0.29, 0.717) is 24.5 Å². The van der Waals surface area contributed by atoms with Crippen molar-refractivity contribution in [1.29, 1.82) is 0 Å². The maximum Gasteiger partial charge on any atom is 0.238 e. The minimum atomic E-state index is -0.0648. The summed E-state index contributed by atoms with van der Waals surface area (Å²) in [7, 11) is 1.90. The van der Waals surface area contributed by atoms with Crippen LogP contribution in [0.15, 0.2) is 29.6 Å². The van der Waals surface area contributed by atoms with Crippen LogP contribution < -0.4 is 11.1 Å². The highest BCUT2D eigenvalue weighted by atomic mass is 32.1. The molecule has 1 aromatic heterocycles. The number of rotatable bonds is 5. The molecule has 0 aliphatic carbocycles. The molecule has 0 radical (unpaired) electrons. The van der Waals surface area contributed by atoms with Crippen LogP contribution in [0, 0.1) is 6.92 Å². The molecule has 0 bridgehead atoms. The van der Waals surface area contributed by atoms with E-state index in [1.165, 1.54) is 0 Å². The number of nitrogens with two attached hydrogens (primary N) is 1. The van der Waals surface area contributed by atoms with E-state index >= 15 is 0 Å². The highest BCUT2D eigenvalue weighted by molar-refractivity contribution is 7.09. The van der Waals surface area contributed by atoms with Crippen molar-refractivity contribution in [3.05, 3.63) is 40.3 Å². The molecule has 6 heteroatoms. The van der Waals surface area contributed by atoms with E-state index in [1.54, 1.807) is 23.5 Å². The third-order valence-corrected chi connectivity index (χ3v) is 3.50. The first-order valence-electron chi connectivity index (χ1n) is 6.28. The molecule has 0 unspecified atom stereocenters. The molecule has 20 heavy (non-hydrogen) atoms. The Kier molecular flexibility index (Phi) is 4.70. The van der Waals surface area contributed by atoms with Gasteiger partial charge >= 0.3 is 0 Å². The van der Waals surface area contributed by atoms with Gasteiger partial charge in [-0.1, -0.05) is 6.07 Å². The molecule has 2 rings (SSSR count). The minimum absolute atomic E-state index is 0.0648. The zero-order valence-corrected chi connectivity index (χ0v) is 12.4. The lowest BCUT2D eigenvalue weighted by atomic mass is 10.3. The van der Waals surface area contributed by atoms with Gasteiger partial charge in [0.05, 0.1) is 17.2 Å². The molecule has 1 aromatic carbocycles. The second-order valence-corrected chi connectivity index (χ2v) is 5.77. The van der Waals surface area contributed by atoms with E-state index in [1.807, 2.05) is 36.4 Å². The molecule has 0 aliphatic rings. The van der Waals surface area contributed by atoms with Crippen molar-refractivity contribution in [1.82, 2.24) is 9.88 Å². The number of hydrogen-bond donors (Lipinski definition) is 2. The van der Waals surface area contributed by atoms with Gasteiger partial charge in [0.2, 0.25) is 5.91 Å². The maximum absolute atomic E-state index is 11.9. The SMILES string of the molecule is Cc1nc(CN(C)CC(=O)Nc2cccc(N)c2)cs1. The Hall–Kier alpha value is -1.92. The quantitative estimate of drug-likeness (QED) is 0.827. The fourth-order valence-electron chi connectivity index (χ4n) is 1.88. The van der Waals surface area contributed by atoms with Crippen molar-refractivity contribution in [3.63, 3.8) is 0 Å². The van der Waals surface area contributed by atoms with Crippen LogP contribution in [0.3, 0.4) is 0 Å². The number of carbonyl (C=O) groups is 1. The number of nitrogens with zero attached hydrogens (tertiary/aromatic N) is 2. The van der Waals surface area contributed by atoms with Gasteiger partial charge < -0.3 is 11.1 Å². The van der Waals surface area contributed by atoms with Crippen LogP contribution in [0.1, 0.15) is 10.7 Å². The second-order valence-electron chi connectivity index (χ2n) is 4.70. The number of nitrogens with one attached hydrogen (secondary N) is 1. The monoisotopic (exact) mass is 290 g/mol. The van der Waals surface area contributed by atoms with Gasteiger partial charge in [0.15, 0.2) is 0 Å². The number of anilines is 2. The summed E-state index contributed by atoms with van der Waals surface area (Å²) in [6.45, 7) is 2.95. The summed E-state index contributed by atoms with van der Waals surface area (Å²) < 4.78 is 0. The molecule has 2 aromatic rings. The van der Waals surface area contributed by atoms with Crippen LogP contribution in [0.5, 0.6) is 0 Å². The molecule has 5 nitrogen and oxygen atoms in total. The van der Waals surface area contributed by atoms with Crippen LogP contribution in [0.25, 0.3) is 0 Å². The summed E-state index contributed by atoms with van der Waals surface area (Å²) in [5.74, 6) is -0.0648. The Balaban J connectivity index is 1.84. The Labute approximate surface area is 122 Å². The molecule has 0 fully saturated rings. The number of thiazole rings is 1. The van der Waals surface area contributed by atoms with Gasteiger partial charge in [-0.25, -0.2) is 4.98 Å². The number of carbonyl (C=O) groups excluding carboxylic acids is 1. The summed E-state index contributed by atoms with van der Waals surface area (Å²) >= 11 is 1.62. The van der Waals surface area contributed by atoms with Gasteiger partial charge in [0, 0.05) is 23.3 Å². The lowest BCUT2D eigenvalue weighted by Gasteiger charge is -2.15. The van der Waals surface area contributed by atoms with Crippen molar-refractivity contribution in [3.8, 4) is 0 Å². The molecule has 0 atom stereocenters. The number of amides is 1. The molecule has 1 heterocycles. The van der Waals surface area contributed by atoms with Crippen molar-refractivity contribution in [2.75, 3.05) is 24.6 Å². The van der Waals surface area contributed by atoms with Crippen molar-refractivity contribution < 1.29 is 4.79 Å².